The summed E-state index contributed by atoms with van der Waals surface area (Å²) in [5, 5.41) is 9.14. The second kappa shape index (κ2) is 7.28. The van der Waals surface area contributed by atoms with Gasteiger partial charge in [-0.1, -0.05) is 0 Å². The van der Waals surface area contributed by atoms with Crippen molar-refractivity contribution in [2.75, 3.05) is 0 Å². The van der Waals surface area contributed by atoms with Crippen LogP contribution in [0.1, 0.15) is 39.4 Å². The number of hydrogen-bond acceptors (Lipinski definition) is 6. The number of benzene rings is 1. The zero-order valence-corrected chi connectivity index (χ0v) is 15.5. The van der Waals surface area contributed by atoms with Crippen LogP contribution < -0.4 is 10.9 Å². The largest absolute Gasteiger partial charge is 0.279 e. The molecule has 1 aromatic carbocycles. The third kappa shape index (κ3) is 3.52. The van der Waals surface area contributed by atoms with Gasteiger partial charge in [0, 0.05) is 18.0 Å². The minimum Gasteiger partial charge on any atom is -0.267 e. The molecule has 0 aliphatic carbocycles. The van der Waals surface area contributed by atoms with Crippen LogP contribution in [0.25, 0.3) is 10.3 Å². The highest BCUT2D eigenvalue weighted by molar-refractivity contribution is 7.20. The average molecular weight is 401 g/mol. The number of halogens is 2. The Bertz CT molecular complexity index is 1100. The first kappa shape index (κ1) is 19.3. The van der Waals surface area contributed by atoms with Gasteiger partial charge in [0.1, 0.15) is 22.0 Å². The lowest BCUT2D eigenvalue weighted by Crippen LogP contribution is -2.42. The van der Waals surface area contributed by atoms with E-state index in [-0.39, 0.29) is 4.88 Å². The number of carbonyl (C=O) groups excluding carboxylic acids is 2. The fourth-order valence-electron chi connectivity index (χ4n) is 2.48. The van der Waals surface area contributed by atoms with Gasteiger partial charge in [-0.15, -0.1) is 11.3 Å². The summed E-state index contributed by atoms with van der Waals surface area (Å²) in [6.07, 6.45) is 2.97. The molecule has 0 atom stereocenters. The molecule has 3 rings (SSSR count). The summed E-state index contributed by atoms with van der Waals surface area (Å²) in [4.78, 5) is 33.4. The summed E-state index contributed by atoms with van der Waals surface area (Å²) in [6.45, 7) is 2.67. The van der Waals surface area contributed by atoms with Crippen LogP contribution in [0, 0.1) is 23.0 Å². The van der Waals surface area contributed by atoms with E-state index in [2.05, 4.69) is 20.8 Å². The number of nitrogens with zero attached hydrogens (tertiary/aromatic N) is 3. The molecular formula is C18H13F2N5O2S. The number of carbonyl (C=O) groups is 2. The first-order chi connectivity index (χ1) is 13.2. The fraction of sp³-hybridized carbons (Fsp3) is 0.167. The number of hydrazine groups is 1. The van der Waals surface area contributed by atoms with Crippen LogP contribution >= 0.6 is 11.3 Å². The fourth-order valence-corrected chi connectivity index (χ4v) is 3.33. The number of thiophene rings is 1. The van der Waals surface area contributed by atoms with Crippen molar-refractivity contribution in [1.82, 2.24) is 20.8 Å². The van der Waals surface area contributed by atoms with E-state index in [0.717, 1.165) is 23.5 Å². The van der Waals surface area contributed by atoms with Crippen LogP contribution in [0.2, 0.25) is 0 Å². The molecule has 142 valence electrons. The van der Waals surface area contributed by atoms with Gasteiger partial charge in [0.25, 0.3) is 11.8 Å². The summed E-state index contributed by atoms with van der Waals surface area (Å²) >= 11 is 1.07. The first-order valence-corrected chi connectivity index (χ1v) is 8.77. The summed E-state index contributed by atoms with van der Waals surface area (Å²) < 4.78 is 28.7. The van der Waals surface area contributed by atoms with Gasteiger partial charge in [-0.3, -0.25) is 25.4 Å². The van der Waals surface area contributed by atoms with Crippen LogP contribution in [0.5, 0.6) is 0 Å². The number of rotatable bonds is 3. The minimum atomic E-state index is -1.48. The van der Waals surface area contributed by atoms with E-state index in [0.29, 0.717) is 10.3 Å². The third-order valence-corrected chi connectivity index (χ3v) is 4.95. The molecule has 0 saturated carbocycles. The Balaban J connectivity index is 1.79. The summed E-state index contributed by atoms with van der Waals surface area (Å²) in [5.41, 5.74) is 2.27. The van der Waals surface area contributed by atoms with Gasteiger partial charge >= 0.3 is 0 Å². The van der Waals surface area contributed by atoms with Crippen LogP contribution in [0.15, 0.2) is 30.6 Å². The Morgan fingerprint density at radius 3 is 2.50 bits per heavy atom. The number of nitriles is 1. The molecule has 2 N–H and O–H groups in total. The number of amides is 2. The van der Waals surface area contributed by atoms with Crippen molar-refractivity contribution in [3.8, 4) is 6.07 Å². The molecule has 0 unspecified atom stereocenters. The Hall–Kier alpha value is -3.45. The summed E-state index contributed by atoms with van der Waals surface area (Å²) in [6, 6.07) is 5.14. The second-order valence-corrected chi connectivity index (χ2v) is 7.32. The predicted molar refractivity (Wildman–Crippen MR) is 97.3 cm³/mol. The maximum Gasteiger partial charge on any atom is 0.279 e. The maximum atomic E-state index is 14.7. The van der Waals surface area contributed by atoms with Gasteiger partial charge in [0.2, 0.25) is 0 Å². The van der Waals surface area contributed by atoms with Crippen molar-refractivity contribution in [1.29, 1.82) is 5.26 Å². The van der Waals surface area contributed by atoms with E-state index < -0.39 is 40.0 Å². The zero-order valence-electron chi connectivity index (χ0n) is 14.7. The molecule has 2 aromatic heterocycles. The highest BCUT2D eigenvalue weighted by atomic mass is 32.1. The van der Waals surface area contributed by atoms with E-state index in [1.807, 2.05) is 0 Å². The normalized spacial score (nSPS) is 11.1. The van der Waals surface area contributed by atoms with E-state index in [4.69, 9.17) is 5.26 Å². The third-order valence-electron chi connectivity index (χ3n) is 3.92. The highest BCUT2D eigenvalue weighted by Gasteiger charge is 2.31. The molecule has 0 radical (unpaired) electrons. The monoisotopic (exact) mass is 401 g/mol. The standard InChI is InChI=1S/C18H13F2N5O2S/c1-18(2,8-21)13-10(19)4-3-9(14(13)20)15(26)24-25-16(27)12-7-11-17(28-12)23-6-5-22-11/h3-7H,1-2H3,(H,24,26)(H,25,27). The molecule has 0 spiro atoms. The van der Waals surface area contributed by atoms with Crippen molar-refractivity contribution < 1.29 is 18.4 Å². The molecule has 0 aliphatic heterocycles. The quantitative estimate of drug-likeness (QED) is 0.656. The molecule has 10 heteroatoms. The predicted octanol–water partition coefficient (Wildman–Crippen LogP) is 2.85. The highest BCUT2D eigenvalue weighted by Crippen LogP contribution is 2.29. The molecule has 3 aromatic rings. The van der Waals surface area contributed by atoms with E-state index in [9.17, 15) is 18.4 Å². The smallest absolute Gasteiger partial charge is 0.267 e. The van der Waals surface area contributed by atoms with Crippen LogP contribution in [0.4, 0.5) is 8.78 Å². The zero-order chi connectivity index (χ0) is 20.5. The minimum absolute atomic E-state index is 0.243. The number of hydrogen-bond donors (Lipinski definition) is 2. The van der Waals surface area contributed by atoms with Gasteiger partial charge in [-0.25, -0.2) is 13.8 Å². The average Bonchev–Trinajstić information content (AvgIpc) is 3.10. The van der Waals surface area contributed by atoms with Gasteiger partial charge in [-0.2, -0.15) is 5.26 Å². The molecule has 28 heavy (non-hydrogen) atoms. The van der Waals surface area contributed by atoms with Crippen molar-refractivity contribution >= 4 is 33.5 Å². The number of fused-ring (bicyclic) bond motifs is 1. The van der Waals surface area contributed by atoms with E-state index in [1.165, 1.54) is 32.3 Å². The number of nitrogens with one attached hydrogen (secondary N) is 2. The van der Waals surface area contributed by atoms with Crippen molar-refractivity contribution in [2.24, 2.45) is 0 Å². The SMILES string of the molecule is CC(C)(C#N)c1c(F)ccc(C(=O)NNC(=O)c2cc3nccnc3s2)c1F. The second-order valence-electron chi connectivity index (χ2n) is 6.29. The summed E-state index contributed by atoms with van der Waals surface area (Å²) in [5.74, 6) is -3.72. The molecule has 2 heterocycles. The van der Waals surface area contributed by atoms with Gasteiger partial charge in [0.05, 0.1) is 21.9 Å². The molecule has 7 nitrogen and oxygen atoms in total. The molecule has 2 amide bonds. The Morgan fingerprint density at radius 2 is 1.82 bits per heavy atom. The lowest BCUT2D eigenvalue weighted by Gasteiger charge is -2.19. The van der Waals surface area contributed by atoms with Crippen LogP contribution in [0.3, 0.4) is 0 Å². The van der Waals surface area contributed by atoms with Crippen LogP contribution in [-0.4, -0.2) is 21.8 Å². The van der Waals surface area contributed by atoms with E-state index >= 15 is 0 Å². The van der Waals surface area contributed by atoms with Gasteiger partial charge in [0.15, 0.2) is 0 Å². The van der Waals surface area contributed by atoms with Crippen molar-refractivity contribution in [3.05, 3.63) is 58.2 Å². The molecule has 0 bridgehead atoms. The van der Waals surface area contributed by atoms with Crippen molar-refractivity contribution in [3.63, 3.8) is 0 Å². The Labute approximate surface area is 162 Å². The van der Waals surface area contributed by atoms with Gasteiger partial charge in [-0.05, 0) is 32.0 Å². The van der Waals surface area contributed by atoms with Gasteiger partial charge < -0.3 is 0 Å². The maximum absolute atomic E-state index is 14.7. The lowest BCUT2D eigenvalue weighted by molar-refractivity contribution is 0.0846. The Morgan fingerprint density at radius 1 is 1.14 bits per heavy atom. The molecular weight excluding hydrogens is 388 g/mol. The molecule has 0 aliphatic rings. The lowest BCUT2D eigenvalue weighted by atomic mass is 9.84. The topological polar surface area (TPSA) is 108 Å². The first-order valence-electron chi connectivity index (χ1n) is 7.95. The van der Waals surface area contributed by atoms with Crippen molar-refractivity contribution in [2.45, 2.75) is 19.3 Å². The Kier molecular flexibility index (Phi) is 5.02. The number of aromatic nitrogens is 2. The molecule has 0 saturated heterocycles. The summed E-state index contributed by atoms with van der Waals surface area (Å²) in [7, 11) is 0. The van der Waals surface area contributed by atoms with Crippen LogP contribution in [-0.2, 0) is 5.41 Å². The molecule has 0 fully saturated rings. The van der Waals surface area contributed by atoms with E-state index in [1.54, 1.807) is 6.07 Å².